The molecule has 1 rings (SSSR count). The molecule has 234 valence electrons. The number of phenolic OH excluding ortho intramolecular Hbond substituents is 1. The van der Waals surface area contributed by atoms with Crippen LogP contribution in [-0.4, -0.2) is 71.2 Å². The van der Waals surface area contributed by atoms with Crippen LogP contribution in [0.4, 0.5) is 92.2 Å². The number of hydrogen-bond donors (Lipinski definition) is 1. The second kappa shape index (κ2) is 9.44. The van der Waals surface area contributed by atoms with Crippen molar-refractivity contribution in [2.75, 3.05) is 6.61 Å². The lowest BCUT2D eigenvalue weighted by atomic mass is 9.86. The van der Waals surface area contributed by atoms with Gasteiger partial charge in [0.05, 0.1) is 0 Å². The van der Waals surface area contributed by atoms with E-state index in [4.69, 9.17) is 5.11 Å². The summed E-state index contributed by atoms with van der Waals surface area (Å²) >= 11 is 0. The standard InChI is InChI=1S/C17H7F21O2/c18-8(19,5-40-7-3-1-6(39)2-4-7)9(20,21)10(22,23)11(24,25)12(26,27)13(28,29)14(30,31)15(32,33)16(34,35)17(36,37)38/h1-4,39H,5H2. The van der Waals surface area contributed by atoms with Crippen LogP contribution in [0.3, 0.4) is 0 Å². The lowest BCUT2D eigenvalue weighted by Crippen LogP contribution is -2.77. The van der Waals surface area contributed by atoms with Gasteiger partial charge >= 0.3 is 59.5 Å². The molecule has 0 radical (unpaired) electrons. The summed E-state index contributed by atoms with van der Waals surface area (Å²) in [5, 5.41) is 8.91. The van der Waals surface area contributed by atoms with E-state index in [0.29, 0.717) is 24.3 Å². The average molecular weight is 642 g/mol. The number of hydrogen-bond acceptors (Lipinski definition) is 2. The van der Waals surface area contributed by atoms with Crippen LogP contribution < -0.4 is 4.74 Å². The smallest absolute Gasteiger partial charge is 0.460 e. The van der Waals surface area contributed by atoms with E-state index in [9.17, 15) is 92.2 Å². The maximum Gasteiger partial charge on any atom is 0.460 e. The molecule has 0 aliphatic carbocycles. The first kappa shape index (κ1) is 35.4. The summed E-state index contributed by atoms with van der Waals surface area (Å²) in [5.74, 6) is -79.2. The van der Waals surface area contributed by atoms with Crippen LogP contribution in [0.25, 0.3) is 0 Å². The average Bonchev–Trinajstić information content (AvgIpc) is 2.76. The minimum atomic E-state index is -9.21. The van der Waals surface area contributed by atoms with Crippen LogP contribution >= 0.6 is 0 Å². The predicted molar refractivity (Wildman–Crippen MR) is 84.2 cm³/mol. The van der Waals surface area contributed by atoms with E-state index in [1.54, 1.807) is 0 Å². The third-order valence-electron chi connectivity index (χ3n) is 4.83. The minimum Gasteiger partial charge on any atom is -0.508 e. The molecule has 40 heavy (non-hydrogen) atoms. The lowest BCUT2D eigenvalue weighted by molar-refractivity contribution is -0.474. The summed E-state index contributed by atoms with van der Waals surface area (Å²) in [6.45, 7) is -3.22. The van der Waals surface area contributed by atoms with E-state index < -0.39 is 77.6 Å². The molecule has 0 saturated carbocycles. The van der Waals surface area contributed by atoms with Crippen LogP contribution in [0, 0.1) is 0 Å². The second-order valence-corrected chi connectivity index (χ2v) is 7.58. The van der Waals surface area contributed by atoms with Gasteiger partial charge in [-0.25, -0.2) is 0 Å². The number of phenols is 1. The number of alkyl halides is 21. The molecule has 0 unspecified atom stereocenters. The van der Waals surface area contributed by atoms with Gasteiger partial charge in [0.1, 0.15) is 11.5 Å². The summed E-state index contributed by atoms with van der Waals surface area (Å²) in [6, 6.07) is 1.94. The number of rotatable bonds is 11. The van der Waals surface area contributed by atoms with Crippen LogP contribution in [0.1, 0.15) is 0 Å². The summed E-state index contributed by atoms with van der Waals surface area (Å²) in [6.07, 6.45) is -8.02. The first-order chi connectivity index (χ1) is 17.2. The van der Waals surface area contributed by atoms with Gasteiger partial charge in [0.15, 0.2) is 6.61 Å². The van der Waals surface area contributed by atoms with Crippen molar-refractivity contribution in [3.8, 4) is 11.5 Å². The van der Waals surface area contributed by atoms with E-state index >= 15 is 0 Å². The Kier molecular flexibility index (Phi) is 8.35. The van der Waals surface area contributed by atoms with Crippen molar-refractivity contribution in [2.45, 2.75) is 59.5 Å². The first-order valence-corrected chi connectivity index (χ1v) is 9.11. The fourth-order valence-corrected chi connectivity index (χ4v) is 2.40. The van der Waals surface area contributed by atoms with Gasteiger partial charge in [-0.3, -0.25) is 0 Å². The molecule has 1 aromatic rings. The highest BCUT2D eigenvalue weighted by Crippen LogP contribution is 2.66. The van der Waals surface area contributed by atoms with Crippen molar-refractivity contribution < 1.29 is 102 Å². The highest BCUT2D eigenvalue weighted by atomic mass is 19.4. The maximum atomic E-state index is 13.8. The van der Waals surface area contributed by atoms with E-state index in [-0.39, 0.29) is 0 Å². The van der Waals surface area contributed by atoms with Gasteiger partial charge in [-0.05, 0) is 24.3 Å². The summed E-state index contributed by atoms with van der Waals surface area (Å²) in [5.41, 5.74) is 0. The molecule has 0 atom stereocenters. The Balaban J connectivity index is 3.62. The van der Waals surface area contributed by atoms with Gasteiger partial charge in [-0.15, -0.1) is 0 Å². The second-order valence-electron chi connectivity index (χ2n) is 7.58. The lowest BCUT2D eigenvalue weighted by Gasteiger charge is -2.44. The molecule has 0 aliphatic heterocycles. The largest absolute Gasteiger partial charge is 0.508 e. The van der Waals surface area contributed by atoms with Crippen LogP contribution in [0.5, 0.6) is 11.5 Å². The van der Waals surface area contributed by atoms with E-state index in [0.717, 1.165) is 0 Å². The van der Waals surface area contributed by atoms with Crippen molar-refractivity contribution in [3.63, 3.8) is 0 Å². The summed E-state index contributed by atoms with van der Waals surface area (Å²) < 4.78 is 282. The zero-order valence-electron chi connectivity index (χ0n) is 17.8. The Morgan fingerprint density at radius 3 is 1.00 bits per heavy atom. The number of aromatic hydroxyl groups is 1. The minimum absolute atomic E-state index is 0.421. The van der Waals surface area contributed by atoms with E-state index in [2.05, 4.69) is 4.74 Å². The Labute approximate surface area is 205 Å². The van der Waals surface area contributed by atoms with Gasteiger partial charge in [-0.2, -0.15) is 92.2 Å². The molecule has 0 amide bonds. The molecule has 0 bridgehead atoms. The molecule has 0 heterocycles. The van der Waals surface area contributed by atoms with Crippen molar-refractivity contribution in [1.82, 2.24) is 0 Å². The third-order valence-corrected chi connectivity index (χ3v) is 4.83. The molecule has 23 heteroatoms. The van der Waals surface area contributed by atoms with Crippen LogP contribution in [-0.2, 0) is 0 Å². The van der Waals surface area contributed by atoms with E-state index in [1.807, 2.05) is 0 Å². The molecule has 0 aliphatic rings. The predicted octanol–water partition coefficient (Wildman–Crippen LogP) is 8.05. The fraction of sp³-hybridized carbons (Fsp3) is 0.647. The highest BCUT2D eigenvalue weighted by molar-refractivity contribution is 5.30. The van der Waals surface area contributed by atoms with Gasteiger partial charge in [0.2, 0.25) is 0 Å². The maximum absolute atomic E-state index is 13.8. The normalized spacial score (nSPS) is 15.8. The van der Waals surface area contributed by atoms with Crippen molar-refractivity contribution in [3.05, 3.63) is 24.3 Å². The van der Waals surface area contributed by atoms with Gasteiger partial charge in [0.25, 0.3) is 0 Å². The zero-order valence-corrected chi connectivity index (χ0v) is 17.8. The van der Waals surface area contributed by atoms with Crippen molar-refractivity contribution in [1.29, 1.82) is 0 Å². The number of halogens is 21. The van der Waals surface area contributed by atoms with E-state index in [1.165, 1.54) is 0 Å². The third kappa shape index (κ3) is 4.69. The summed E-state index contributed by atoms with van der Waals surface area (Å²) in [7, 11) is 0. The molecular weight excluding hydrogens is 635 g/mol. The van der Waals surface area contributed by atoms with Gasteiger partial charge < -0.3 is 9.84 Å². The monoisotopic (exact) mass is 642 g/mol. The number of ether oxygens (including phenoxy) is 1. The quantitative estimate of drug-likeness (QED) is 0.248. The topological polar surface area (TPSA) is 29.5 Å². The molecule has 2 nitrogen and oxygen atoms in total. The fourth-order valence-electron chi connectivity index (χ4n) is 2.40. The SMILES string of the molecule is Oc1ccc(OCC(F)(F)C(F)(F)C(F)(F)C(F)(F)C(F)(F)C(F)(F)C(F)(F)C(F)(F)C(F)(F)C(F)(F)F)cc1. The Morgan fingerprint density at radius 1 is 0.425 bits per heavy atom. The van der Waals surface area contributed by atoms with Crippen LogP contribution in [0.15, 0.2) is 24.3 Å². The molecule has 0 saturated heterocycles. The van der Waals surface area contributed by atoms with Crippen molar-refractivity contribution >= 4 is 0 Å². The molecular formula is C17H7F21O2. The van der Waals surface area contributed by atoms with Gasteiger partial charge in [0, 0.05) is 0 Å². The summed E-state index contributed by atoms with van der Waals surface area (Å²) in [4.78, 5) is 0. The Bertz CT molecular complexity index is 1040. The van der Waals surface area contributed by atoms with Gasteiger partial charge in [-0.1, -0.05) is 0 Å². The molecule has 1 N–H and O–H groups in total. The zero-order chi connectivity index (χ0) is 32.4. The van der Waals surface area contributed by atoms with Crippen molar-refractivity contribution in [2.24, 2.45) is 0 Å². The first-order valence-electron chi connectivity index (χ1n) is 9.11. The molecule has 0 fully saturated rings. The molecule has 0 aromatic heterocycles. The molecule has 0 spiro atoms. The Morgan fingerprint density at radius 2 is 0.700 bits per heavy atom. The Hall–Kier alpha value is -2.65. The highest BCUT2D eigenvalue weighted by Gasteiger charge is 2.97. The number of benzene rings is 1. The molecule has 1 aromatic carbocycles. The van der Waals surface area contributed by atoms with Crippen LogP contribution in [0.2, 0.25) is 0 Å².